The third-order valence-electron chi connectivity index (χ3n) is 4.96. The summed E-state index contributed by atoms with van der Waals surface area (Å²) < 4.78 is 6.92. The van der Waals surface area contributed by atoms with Crippen LogP contribution in [0.5, 0.6) is 0 Å². The Kier molecular flexibility index (Phi) is 4.66. The second-order valence-electron chi connectivity index (χ2n) is 7.57. The Labute approximate surface area is 168 Å². The Hall–Kier alpha value is -3.48. The molecule has 0 spiro atoms. The third-order valence-corrected chi connectivity index (χ3v) is 4.96. The first-order valence-corrected chi connectivity index (χ1v) is 9.51. The molecule has 0 fully saturated rings. The Balaban J connectivity index is 1.79. The van der Waals surface area contributed by atoms with Crippen LogP contribution in [-0.4, -0.2) is 19.7 Å². The first-order chi connectivity index (χ1) is 13.8. The zero-order valence-electron chi connectivity index (χ0n) is 17.1. The quantitative estimate of drug-likeness (QED) is 0.554. The second kappa shape index (κ2) is 7.16. The van der Waals surface area contributed by atoms with Crippen molar-refractivity contribution in [3.05, 3.63) is 64.0 Å². The van der Waals surface area contributed by atoms with E-state index in [0.29, 0.717) is 17.4 Å². The highest BCUT2D eigenvalue weighted by Gasteiger charge is 2.14. The molecule has 0 saturated carbocycles. The number of hydrogen-bond donors (Lipinski definition) is 1. The van der Waals surface area contributed by atoms with E-state index in [2.05, 4.69) is 20.4 Å². The van der Waals surface area contributed by atoms with E-state index in [1.54, 1.807) is 17.8 Å². The Morgan fingerprint density at radius 3 is 2.62 bits per heavy atom. The monoisotopic (exact) mass is 389 g/mol. The lowest BCUT2D eigenvalue weighted by atomic mass is 9.99. The fourth-order valence-electron chi connectivity index (χ4n) is 3.30. The van der Waals surface area contributed by atoms with E-state index in [1.165, 1.54) is 0 Å². The summed E-state index contributed by atoms with van der Waals surface area (Å²) in [5.41, 5.74) is 4.96. The molecule has 0 aliphatic heterocycles. The van der Waals surface area contributed by atoms with Gasteiger partial charge in [-0.1, -0.05) is 19.9 Å². The molecule has 0 amide bonds. The summed E-state index contributed by atoms with van der Waals surface area (Å²) >= 11 is 0. The number of anilines is 2. The van der Waals surface area contributed by atoms with Gasteiger partial charge in [0, 0.05) is 41.5 Å². The van der Waals surface area contributed by atoms with Crippen LogP contribution in [0.4, 0.5) is 11.6 Å². The zero-order chi connectivity index (χ0) is 20.7. The van der Waals surface area contributed by atoms with Gasteiger partial charge in [-0.3, -0.25) is 9.78 Å². The molecule has 7 nitrogen and oxygen atoms in total. The third kappa shape index (κ3) is 3.51. The minimum absolute atomic E-state index is 0.0509. The number of aromatic nitrogens is 4. The minimum atomic E-state index is -0.0509. The molecule has 4 aromatic rings. The van der Waals surface area contributed by atoms with Crippen LogP contribution in [0.15, 0.2) is 45.8 Å². The number of rotatable bonds is 4. The maximum absolute atomic E-state index is 13.1. The van der Waals surface area contributed by atoms with Crippen molar-refractivity contribution >= 4 is 22.5 Å². The molecule has 0 atom stereocenters. The predicted octanol–water partition coefficient (Wildman–Crippen LogP) is 4.47. The van der Waals surface area contributed by atoms with Crippen molar-refractivity contribution in [2.75, 3.05) is 5.32 Å². The van der Waals surface area contributed by atoms with E-state index in [0.717, 1.165) is 33.4 Å². The molecular formula is C22H23N5O2. The largest absolute Gasteiger partial charge is 0.337 e. The van der Waals surface area contributed by atoms with E-state index >= 15 is 0 Å². The van der Waals surface area contributed by atoms with Gasteiger partial charge in [0.1, 0.15) is 0 Å². The van der Waals surface area contributed by atoms with Gasteiger partial charge in [-0.25, -0.2) is 0 Å². The summed E-state index contributed by atoms with van der Waals surface area (Å²) in [6.07, 6.45) is 1.80. The smallest absolute Gasteiger partial charge is 0.267 e. The first kappa shape index (κ1) is 18.9. The van der Waals surface area contributed by atoms with Crippen LogP contribution in [0.3, 0.4) is 0 Å². The van der Waals surface area contributed by atoms with Crippen LogP contribution in [0.2, 0.25) is 0 Å². The molecule has 3 heterocycles. The molecule has 148 valence electrons. The lowest BCUT2D eigenvalue weighted by Crippen LogP contribution is -2.19. The van der Waals surface area contributed by atoms with E-state index < -0.39 is 0 Å². The average Bonchev–Trinajstić information content (AvgIpc) is 3.16. The number of nitrogens with one attached hydrogen (secondary N) is 1. The van der Waals surface area contributed by atoms with Gasteiger partial charge in [-0.15, -0.1) is 0 Å². The van der Waals surface area contributed by atoms with Gasteiger partial charge in [0.15, 0.2) is 0 Å². The number of hydrogen-bond acceptors (Lipinski definition) is 6. The lowest BCUT2D eigenvalue weighted by molar-refractivity contribution is 0.366. The fourth-order valence-corrected chi connectivity index (χ4v) is 3.30. The molecule has 0 aliphatic rings. The molecule has 0 bridgehead atoms. The highest BCUT2D eigenvalue weighted by molar-refractivity contribution is 5.85. The maximum Gasteiger partial charge on any atom is 0.267 e. The van der Waals surface area contributed by atoms with Crippen molar-refractivity contribution < 1.29 is 4.52 Å². The maximum atomic E-state index is 13.1. The number of aryl methyl sites for hydroxylation is 3. The Morgan fingerprint density at radius 2 is 1.90 bits per heavy atom. The Bertz CT molecular complexity index is 1270. The van der Waals surface area contributed by atoms with Crippen molar-refractivity contribution in [1.82, 2.24) is 19.7 Å². The van der Waals surface area contributed by atoms with E-state index in [4.69, 9.17) is 4.52 Å². The van der Waals surface area contributed by atoms with Gasteiger partial charge >= 0.3 is 0 Å². The van der Waals surface area contributed by atoms with E-state index in [9.17, 15) is 4.79 Å². The highest BCUT2D eigenvalue weighted by atomic mass is 16.5. The number of pyridine rings is 2. The van der Waals surface area contributed by atoms with Crippen LogP contribution >= 0.6 is 0 Å². The standard InChI is InChI=1S/C22H23N5O2/c1-12(2)20-25-22(26-29-20)24-16-7-6-13(3)17(10-16)18-9-15-11-23-14(4)8-19(15)27(5)21(18)28/h6-12H,1-5H3,(H,24,26). The highest BCUT2D eigenvalue weighted by Crippen LogP contribution is 2.28. The van der Waals surface area contributed by atoms with Gasteiger partial charge in [-0.05, 0) is 54.4 Å². The predicted molar refractivity (Wildman–Crippen MR) is 114 cm³/mol. The molecule has 1 N–H and O–H groups in total. The molecule has 4 rings (SSSR count). The van der Waals surface area contributed by atoms with Crippen LogP contribution in [0, 0.1) is 13.8 Å². The van der Waals surface area contributed by atoms with Crippen LogP contribution in [0.1, 0.15) is 36.9 Å². The fraction of sp³-hybridized carbons (Fsp3) is 0.273. The van der Waals surface area contributed by atoms with Crippen molar-refractivity contribution in [3.8, 4) is 11.1 Å². The molecule has 1 aromatic carbocycles. The number of nitrogens with zero attached hydrogens (tertiary/aromatic N) is 4. The average molecular weight is 389 g/mol. The molecule has 3 aromatic heterocycles. The molecule has 0 unspecified atom stereocenters. The molecule has 0 radical (unpaired) electrons. The van der Waals surface area contributed by atoms with Crippen molar-refractivity contribution in [2.24, 2.45) is 7.05 Å². The summed E-state index contributed by atoms with van der Waals surface area (Å²) in [7, 11) is 1.79. The van der Waals surface area contributed by atoms with Gasteiger partial charge in [0.25, 0.3) is 11.5 Å². The first-order valence-electron chi connectivity index (χ1n) is 9.51. The van der Waals surface area contributed by atoms with Gasteiger partial charge in [-0.2, -0.15) is 4.98 Å². The van der Waals surface area contributed by atoms with Crippen molar-refractivity contribution in [1.29, 1.82) is 0 Å². The minimum Gasteiger partial charge on any atom is -0.337 e. The zero-order valence-corrected chi connectivity index (χ0v) is 17.1. The van der Waals surface area contributed by atoms with E-state index in [-0.39, 0.29) is 11.5 Å². The second-order valence-corrected chi connectivity index (χ2v) is 7.57. The molecular weight excluding hydrogens is 366 g/mol. The van der Waals surface area contributed by atoms with Crippen LogP contribution < -0.4 is 10.9 Å². The van der Waals surface area contributed by atoms with Gasteiger partial charge in [0.2, 0.25) is 5.89 Å². The topological polar surface area (TPSA) is 85.8 Å². The molecule has 7 heteroatoms. The summed E-state index contributed by atoms with van der Waals surface area (Å²) in [6, 6.07) is 9.67. The van der Waals surface area contributed by atoms with E-state index in [1.807, 2.05) is 58.0 Å². The molecule has 0 saturated heterocycles. The van der Waals surface area contributed by atoms with Crippen molar-refractivity contribution in [2.45, 2.75) is 33.6 Å². The summed E-state index contributed by atoms with van der Waals surface area (Å²) in [5.74, 6) is 1.13. The van der Waals surface area contributed by atoms with Gasteiger partial charge in [0.05, 0.1) is 5.52 Å². The SMILES string of the molecule is Cc1cc2c(cn1)cc(-c1cc(Nc3noc(C(C)C)n3)ccc1C)c(=O)n2C. The molecule has 0 aliphatic carbocycles. The normalized spacial score (nSPS) is 11.4. The van der Waals surface area contributed by atoms with Crippen molar-refractivity contribution in [3.63, 3.8) is 0 Å². The van der Waals surface area contributed by atoms with Crippen LogP contribution in [-0.2, 0) is 7.05 Å². The molecule has 29 heavy (non-hydrogen) atoms. The number of benzene rings is 1. The number of fused-ring (bicyclic) bond motifs is 1. The van der Waals surface area contributed by atoms with Crippen LogP contribution in [0.25, 0.3) is 22.0 Å². The Morgan fingerprint density at radius 1 is 1.10 bits per heavy atom. The van der Waals surface area contributed by atoms with Gasteiger partial charge < -0.3 is 14.4 Å². The summed E-state index contributed by atoms with van der Waals surface area (Å²) in [6.45, 7) is 7.89. The lowest BCUT2D eigenvalue weighted by Gasteiger charge is -2.12. The summed E-state index contributed by atoms with van der Waals surface area (Å²) in [5, 5.41) is 8.05. The summed E-state index contributed by atoms with van der Waals surface area (Å²) in [4.78, 5) is 21.8.